The molecular formula is C8H13N. The normalized spacial score (nSPS) is 33.8. The van der Waals surface area contributed by atoms with Crippen molar-refractivity contribution in [3.05, 3.63) is 11.6 Å². The maximum absolute atomic E-state index is 3.47. The van der Waals surface area contributed by atoms with Crippen molar-refractivity contribution >= 4 is 0 Å². The molecule has 1 unspecified atom stereocenters. The maximum Gasteiger partial charge on any atom is 0.0282 e. The topological polar surface area (TPSA) is 12.0 Å². The van der Waals surface area contributed by atoms with E-state index in [1.807, 2.05) is 0 Å². The lowest BCUT2D eigenvalue weighted by Crippen LogP contribution is -2.26. The highest BCUT2D eigenvalue weighted by Crippen LogP contribution is 2.25. The molecule has 1 heterocycles. The molecule has 0 aromatic rings. The van der Waals surface area contributed by atoms with E-state index in [1.54, 1.807) is 5.57 Å². The largest absolute Gasteiger partial charge is 0.307 e. The van der Waals surface area contributed by atoms with E-state index in [4.69, 9.17) is 0 Å². The van der Waals surface area contributed by atoms with Crippen LogP contribution in [0.4, 0.5) is 0 Å². The fourth-order valence-electron chi connectivity index (χ4n) is 1.85. The second-order valence-corrected chi connectivity index (χ2v) is 2.99. The molecule has 1 heteroatoms. The van der Waals surface area contributed by atoms with Crippen LogP contribution in [0, 0.1) is 0 Å². The van der Waals surface area contributed by atoms with Crippen LogP contribution in [0.15, 0.2) is 11.6 Å². The molecule has 0 bridgehead atoms. The van der Waals surface area contributed by atoms with Gasteiger partial charge in [0.1, 0.15) is 0 Å². The van der Waals surface area contributed by atoms with Gasteiger partial charge in [0.25, 0.3) is 0 Å². The molecule has 1 saturated carbocycles. The second-order valence-electron chi connectivity index (χ2n) is 2.99. The first-order valence-corrected chi connectivity index (χ1v) is 3.89. The molecule has 1 atom stereocenters. The van der Waals surface area contributed by atoms with E-state index < -0.39 is 0 Å². The third kappa shape index (κ3) is 0.897. The van der Waals surface area contributed by atoms with Crippen molar-refractivity contribution in [3.8, 4) is 0 Å². The van der Waals surface area contributed by atoms with Crippen LogP contribution >= 0.6 is 0 Å². The maximum atomic E-state index is 3.47. The van der Waals surface area contributed by atoms with Gasteiger partial charge in [-0.2, -0.15) is 0 Å². The van der Waals surface area contributed by atoms with Crippen molar-refractivity contribution < 1.29 is 0 Å². The van der Waals surface area contributed by atoms with E-state index in [2.05, 4.69) is 11.4 Å². The van der Waals surface area contributed by atoms with E-state index in [-0.39, 0.29) is 0 Å². The van der Waals surface area contributed by atoms with E-state index >= 15 is 0 Å². The van der Waals surface area contributed by atoms with E-state index in [9.17, 15) is 0 Å². The zero-order valence-electron chi connectivity index (χ0n) is 5.69. The molecule has 1 aliphatic carbocycles. The molecule has 0 aromatic carbocycles. The molecule has 0 aromatic heterocycles. The highest BCUT2D eigenvalue weighted by molar-refractivity contribution is 5.18. The summed E-state index contributed by atoms with van der Waals surface area (Å²) in [7, 11) is 0. The molecule has 9 heavy (non-hydrogen) atoms. The van der Waals surface area contributed by atoms with Crippen LogP contribution in [-0.2, 0) is 0 Å². The highest BCUT2D eigenvalue weighted by atomic mass is 14.9. The first-order chi connectivity index (χ1) is 4.47. The molecule has 2 rings (SSSR count). The van der Waals surface area contributed by atoms with Crippen molar-refractivity contribution in [2.75, 3.05) is 6.54 Å². The zero-order chi connectivity index (χ0) is 6.10. The quantitative estimate of drug-likeness (QED) is 0.481. The Morgan fingerprint density at radius 3 is 3.33 bits per heavy atom. The summed E-state index contributed by atoms with van der Waals surface area (Å²) in [6.07, 6.45) is 7.95. The molecule has 50 valence electrons. The van der Waals surface area contributed by atoms with Gasteiger partial charge >= 0.3 is 0 Å². The number of hydrogen-bond donors (Lipinski definition) is 1. The molecule has 0 spiro atoms. The second kappa shape index (κ2) is 2.14. The molecule has 1 fully saturated rings. The smallest absolute Gasteiger partial charge is 0.0282 e. The number of nitrogens with one attached hydrogen (secondary N) is 1. The summed E-state index contributed by atoms with van der Waals surface area (Å²) < 4.78 is 0. The SMILES string of the molecule is C1=C2CCCCC2NC1. The Morgan fingerprint density at radius 1 is 1.44 bits per heavy atom. The minimum atomic E-state index is 0.777. The van der Waals surface area contributed by atoms with Crippen molar-refractivity contribution in [2.45, 2.75) is 31.7 Å². The van der Waals surface area contributed by atoms with Gasteiger partial charge in [0.05, 0.1) is 0 Å². The molecule has 0 radical (unpaired) electrons. The Hall–Kier alpha value is -0.300. The lowest BCUT2D eigenvalue weighted by molar-refractivity contribution is 0.495. The summed E-state index contributed by atoms with van der Waals surface area (Å²) in [6.45, 7) is 1.12. The molecule has 1 N–H and O–H groups in total. The van der Waals surface area contributed by atoms with Gasteiger partial charge in [-0.3, -0.25) is 0 Å². The minimum Gasteiger partial charge on any atom is -0.307 e. The summed E-state index contributed by atoms with van der Waals surface area (Å²) in [5.41, 5.74) is 1.68. The Morgan fingerprint density at radius 2 is 2.44 bits per heavy atom. The summed E-state index contributed by atoms with van der Waals surface area (Å²) >= 11 is 0. The number of hydrogen-bond acceptors (Lipinski definition) is 1. The first-order valence-electron chi connectivity index (χ1n) is 3.89. The van der Waals surface area contributed by atoms with E-state index in [0.717, 1.165) is 12.6 Å². The minimum absolute atomic E-state index is 0.777. The van der Waals surface area contributed by atoms with Crippen LogP contribution in [0.5, 0.6) is 0 Å². The van der Waals surface area contributed by atoms with Crippen molar-refractivity contribution in [1.82, 2.24) is 5.32 Å². The number of rotatable bonds is 0. The first kappa shape index (κ1) is 5.48. The van der Waals surface area contributed by atoms with Gasteiger partial charge in [-0.05, 0) is 19.3 Å². The average Bonchev–Trinajstić information content (AvgIpc) is 2.33. The van der Waals surface area contributed by atoms with Gasteiger partial charge in [0, 0.05) is 12.6 Å². The third-order valence-electron chi connectivity index (χ3n) is 2.38. The summed E-state index contributed by atoms with van der Waals surface area (Å²) in [4.78, 5) is 0. The molecule has 2 aliphatic rings. The lowest BCUT2D eigenvalue weighted by Gasteiger charge is -2.20. The van der Waals surface area contributed by atoms with Crippen LogP contribution < -0.4 is 5.32 Å². The predicted molar refractivity (Wildman–Crippen MR) is 38.3 cm³/mol. The van der Waals surface area contributed by atoms with Crippen molar-refractivity contribution in [3.63, 3.8) is 0 Å². The Kier molecular flexibility index (Phi) is 1.31. The highest BCUT2D eigenvalue weighted by Gasteiger charge is 2.20. The van der Waals surface area contributed by atoms with Gasteiger partial charge in [-0.15, -0.1) is 0 Å². The molecule has 1 aliphatic heterocycles. The monoisotopic (exact) mass is 123 g/mol. The average molecular weight is 123 g/mol. The molecule has 0 amide bonds. The predicted octanol–water partition coefficient (Wildman–Crippen LogP) is 1.46. The molecular weight excluding hydrogens is 110 g/mol. The van der Waals surface area contributed by atoms with Crippen LogP contribution in [0.1, 0.15) is 25.7 Å². The van der Waals surface area contributed by atoms with Crippen molar-refractivity contribution in [1.29, 1.82) is 0 Å². The van der Waals surface area contributed by atoms with Gasteiger partial charge in [0.2, 0.25) is 0 Å². The Bertz CT molecular complexity index is 138. The summed E-state index contributed by atoms with van der Waals surface area (Å²) in [6, 6.07) is 0.777. The van der Waals surface area contributed by atoms with Crippen LogP contribution in [0.25, 0.3) is 0 Å². The fourth-order valence-corrected chi connectivity index (χ4v) is 1.85. The van der Waals surface area contributed by atoms with Gasteiger partial charge in [-0.25, -0.2) is 0 Å². The van der Waals surface area contributed by atoms with Gasteiger partial charge in [0.15, 0.2) is 0 Å². The van der Waals surface area contributed by atoms with E-state index in [1.165, 1.54) is 25.7 Å². The van der Waals surface area contributed by atoms with Crippen LogP contribution in [0.3, 0.4) is 0 Å². The van der Waals surface area contributed by atoms with Crippen molar-refractivity contribution in [2.24, 2.45) is 0 Å². The lowest BCUT2D eigenvalue weighted by atomic mass is 9.92. The number of fused-ring (bicyclic) bond motifs is 1. The van der Waals surface area contributed by atoms with Crippen LogP contribution in [0.2, 0.25) is 0 Å². The standard InChI is InChI=1S/C8H13N/c1-2-4-8-7(3-1)5-6-9-8/h5,8-9H,1-4,6H2. The molecule has 1 nitrogen and oxygen atoms in total. The third-order valence-corrected chi connectivity index (χ3v) is 2.38. The Labute approximate surface area is 56.1 Å². The Balaban J connectivity index is 2.09. The van der Waals surface area contributed by atoms with E-state index in [0.29, 0.717) is 0 Å². The van der Waals surface area contributed by atoms with Gasteiger partial charge in [-0.1, -0.05) is 18.1 Å². The van der Waals surface area contributed by atoms with Crippen LogP contribution in [-0.4, -0.2) is 12.6 Å². The van der Waals surface area contributed by atoms with Gasteiger partial charge < -0.3 is 5.32 Å². The summed E-state index contributed by atoms with van der Waals surface area (Å²) in [5.74, 6) is 0. The fraction of sp³-hybridized carbons (Fsp3) is 0.750. The zero-order valence-corrected chi connectivity index (χ0v) is 5.69. The molecule has 0 saturated heterocycles. The summed E-state index contributed by atoms with van der Waals surface area (Å²) in [5, 5.41) is 3.47.